The van der Waals surface area contributed by atoms with Gasteiger partial charge in [-0.05, 0) is 11.6 Å². The van der Waals surface area contributed by atoms with Crippen molar-refractivity contribution in [3.63, 3.8) is 0 Å². The van der Waals surface area contributed by atoms with E-state index in [1.807, 2.05) is 0 Å². The molecule has 0 radical (unpaired) electrons. The number of rotatable bonds is 3. The van der Waals surface area contributed by atoms with Crippen LogP contribution in [-0.2, 0) is 11.3 Å². The number of carbonyl (C=O) groups excluding carboxylic acids is 1. The van der Waals surface area contributed by atoms with Gasteiger partial charge in [-0.2, -0.15) is 0 Å². The van der Waals surface area contributed by atoms with Gasteiger partial charge in [-0.25, -0.2) is 9.59 Å². The van der Waals surface area contributed by atoms with Gasteiger partial charge in [0.1, 0.15) is 0 Å². The van der Waals surface area contributed by atoms with Crippen LogP contribution in [0.2, 0.25) is 0 Å². The molecule has 0 heterocycles. The molecule has 2 N–H and O–H groups in total. The molecule has 0 aliphatic rings. The highest BCUT2D eigenvalue weighted by Gasteiger charge is 2.19. The lowest BCUT2D eigenvalue weighted by molar-refractivity contribution is 0.0581. The fourth-order valence-electron chi connectivity index (χ4n) is 1.26. The fourth-order valence-corrected chi connectivity index (χ4v) is 1.26. The van der Waals surface area contributed by atoms with E-state index in [4.69, 9.17) is 10.2 Å². The molecular formula is C10H10O5. The third-order valence-electron chi connectivity index (χ3n) is 1.94. The topological polar surface area (TPSA) is 83.8 Å². The van der Waals surface area contributed by atoms with Crippen LogP contribution in [-0.4, -0.2) is 29.3 Å². The number of methoxy groups -OCH3 is 1. The number of carbonyl (C=O) groups is 2. The Hall–Kier alpha value is -1.88. The molecule has 0 spiro atoms. The number of aliphatic hydroxyl groups is 1. The summed E-state index contributed by atoms with van der Waals surface area (Å²) in [6.45, 7) is -0.438. The minimum atomic E-state index is -1.26. The predicted octanol–water partition coefficient (Wildman–Crippen LogP) is 0.664. The second-order valence-electron chi connectivity index (χ2n) is 2.79. The van der Waals surface area contributed by atoms with Crippen LogP contribution in [0.5, 0.6) is 0 Å². The minimum Gasteiger partial charge on any atom is -0.478 e. The second-order valence-corrected chi connectivity index (χ2v) is 2.79. The molecule has 0 amide bonds. The first kappa shape index (κ1) is 11.2. The van der Waals surface area contributed by atoms with Crippen molar-refractivity contribution >= 4 is 11.9 Å². The highest BCUT2D eigenvalue weighted by atomic mass is 16.5. The normalized spacial score (nSPS) is 9.73. The Labute approximate surface area is 85.9 Å². The molecule has 0 aliphatic carbocycles. The number of aliphatic hydroxyl groups excluding tert-OH is 1. The molecule has 0 unspecified atom stereocenters. The molecule has 0 fully saturated rings. The summed E-state index contributed by atoms with van der Waals surface area (Å²) in [4.78, 5) is 22.1. The number of carboxylic acid groups (broad SMARTS) is 1. The number of carboxylic acids is 1. The summed E-state index contributed by atoms with van der Waals surface area (Å²) < 4.78 is 4.44. The van der Waals surface area contributed by atoms with E-state index in [2.05, 4.69) is 4.74 Å². The van der Waals surface area contributed by atoms with Crippen LogP contribution < -0.4 is 0 Å². The second kappa shape index (κ2) is 4.56. The smallest absolute Gasteiger partial charge is 0.338 e. The lowest BCUT2D eigenvalue weighted by Gasteiger charge is -2.07. The van der Waals surface area contributed by atoms with Gasteiger partial charge in [-0.3, -0.25) is 0 Å². The summed E-state index contributed by atoms with van der Waals surface area (Å²) in [5.41, 5.74) is -0.0891. The van der Waals surface area contributed by atoms with Crippen LogP contribution in [0.3, 0.4) is 0 Å². The summed E-state index contributed by atoms with van der Waals surface area (Å²) >= 11 is 0. The van der Waals surface area contributed by atoms with E-state index in [-0.39, 0.29) is 16.7 Å². The minimum absolute atomic E-state index is 0.0587. The van der Waals surface area contributed by atoms with Crippen LogP contribution in [0, 0.1) is 0 Å². The molecule has 1 aromatic rings. The van der Waals surface area contributed by atoms with Crippen molar-refractivity contribution < 1.29 is 24.5 Å². The molecule has 0 atom stereocenters. The maximum Gasteiger partial charge on any atom is 0.338 e. The quantitative estimate of drug-likeness (QED) is 0.716. The lowest BCUT2D eigenvalue weighted by atomic mass is 10.0. The number of benzene rings is 1. The van der Waals surface area contributed by atoms with Gasteiger partial charge in [-0.15, -0.1) is 0 Å². The summed E-state index contributed by atoms with van der Waals surface area (Å²) in [6, 6.07) is 4.27. The Kier molecular flexibility index (Phi) is 3.41. The first-order valence-electron chi connectivity index (χ1n) is 4.16. The molecule has 1 aromatic carbocycles. The van der Waals surface area contributed by atoms with Crippen molar-refractivity contribution in [2.75, 3.05) is 7.11 Å². The van der Waals surface area contributed by atoms with Crippen LogP contribution in [0.25, 0.3) is 0 Å². The number of hydrogen-bond donors (Lipinski definition) is 2. The van der Waals surface area contributed by atoms with Gasteiger partial charge in [0.2, 0.25) is 0 Å². The van der Waals surface area contributed by atoms with E-state index in [9.17, 15) is 9.59 Å². The van der Waals surface area contributed by atoms with Crippen molar-refractivity contribution in [3.8, 4) is 0 Å². The van der Waals surface area contributed by atoms with Crippen LogP contribution in [0.4, 0.5) is 0 Å². The lowest BCUT2D eigenvalue weighted by Crippen LogP contribution is -2.12. The van der Waals surface area contributed by atoms with Crippen molar-refractivity contribution in [3.05, 3.63) is 34.9 Å². The van der Waals surface area contributed by atoms with Gasteiger partial charge in [-0.1, -0.05) is 12.1 Å². The summed E-state index contributed by atoms with van der Waals surface area (Å²) in [6.07, 6.45) is 0. The molecule has 0 bridgehead atoms. The highest BCUT2D eigenvalue weighted by molar-refractivity contribution is 6.03. The van der Waals surface area contributed by atoms with E-state index in [1.165, 1.54) is 25.3 Å². The van der Waals surface area contributed by atoms with Crippen molar-refractivity contribution in [1.82, 2.24) is 0 Å². The third-order valence-corrected chi connectivity index (χ3v) is 1.94. The summed E-state index contributed by atoms with van der Waals surface area (Å²) in [7, 11) is 1.17. The number of esters is 1. The predicted molar refractivity (Wildman–Crippen MR) is 50.7 cm³/mol. The van der Waals surface area contributed by atoms with Gasteiger partial charge in [0.05, 0.1) is 24.8 Å². The van der Waals surface area contributed by atoms with E-state index in [1.54, 1.807) is 0 Å². The molecule has 0 aliphatic heterocycles. The zero-order valence-electron chi connectivity index (χ0n) is 8.06. The largest absolute Gasteiger partial charge is 0.478 e. The van der Waals surface area contributed by atoms with Gasteiger partial charge >= 0.3 is 11.9 Å². The standard InChI is InChI=1S/C10H10O5/c1-15-10(14)7-4-2-3-6(5-11)8(7)9(12)13/h2-4,11H,5H2,1H3,(H,12,13). The van der Waals surface area contributed by atoms with Crippen molar-refractivity contribution in [2.24, 2.45) is 0 Å². The maximum absolute atomic E-state index is 11.2. The SMILES string of the molecule is COC(=O)c1cccc(CO)c1C(=O)O. The summed E-state index contributed by atoms with van der Waals surface area (Å²) in [5, 5.41) is 17.8. The van der Waals surface area contributed by atoms with Crippen molar-refractivity contribution in [1.29, 1.82) is 0 Å². The van der Waals surface area contributed by atoms with Crippen LogP contribution >= 0.6 is 0 Å². The average molecular weight is 210 g/mol. The first-order chi connectivity index (χ1) is 7.11. The molecule has 5 nitrogen and oxygen atoms in total. The Morgan fingerprint density at radius 3 is 2.53 bits per heavy atom. The highest BCUT2D eigenvalue weighted by Crippen LogP contribution is 2.16. The Balaban J connectivity index is 3.38. The van der Waals surface area contributed by atoms with Gasteiger partial charge in [0, 0.05) is 0 Å². The monoisotopic (exact) mass is 210 g/mol. The Morgan fingerprint density at radius 1 is 1.40 bits per heavy atom. The Morgan fingerprint density at radius 2 is 2.07 bits per heavy atom. The van der Waals surface area contributed by atoms with Gasteiger partial charge < -0.3 is 14.9 Å². The Bertz CT molecular complexity index is 397. The number of hydrogen-bond acceptors (Lipinski definition) is 4. The van der Waals surface area contributed by atoms with E-state index in [0.717, 1.165) is 0 Å². The number of ether oxygens (including phenoxy) is 1. The molecule has 5 heteroatoms. The molecule has 0 aromatic heterocycles. The summed E-state index contributed by atoms with van der Waals surface area (Å²) in [5.74, 6) is -2.00. The van der Waals surface area contributed by atoms with E-state index in [0.29, 0.717) is 0 Å². The van der Waals surface area contributed by atoms with Crippen LogP contribution in [0.1, 0.15) is 26.3 Å². The van der Waals surface area contributed by atoms with E-state index >= 15 is 0 Å². The maximum atomic E-state index is 11.2. The van der Waals surface area contributed by atoms with Crippen molar-refractivity contribution in [2.45, 2.75) is 6.61 Å². The molecule has 1 rings (SSSR count). The molecule has 0 saturated carbocycles. The third kappa shape index (κ3) is 2.13. The molecule has 0 saturated heterocycles. The first-order valence-corrected chi connectivity index (χ1v) is 4.16. The van der Waals surface area contributed by atoms with Gasteiger partial charge in [0.25, 0.3) is 0 Å². The average Bonchev–Trinajstić information content (AvgIpc) is 2.26. The zero-order chi connectivity index (χ0) is 11.4. The molecule has 80 valence electrons. The molecular weight excluding hydrogens is 200 g/mol. The molecule has 15 heavy (non-hydrogen) atoms. The van der Waals surface area contributed by atoms with Crippen LogP contribution in [0.15, 0.2) is 18.2 Å². The van der Waals surface area contributed by atoms with Gasteiger partial charge in [0.15, 0.2) is 0 Å². The fraction of sp³-hybridized carbons (Fsp3) is 0.200. The number of aromatic carboxylic acids is 1. The van der Waals surface area contributed by atoms with E-state index < -0.39 is 18.5 Å². The zero-order valence-corrected chi connectivity index (χ0v) is 8.06.